The van der Waals surface area contributed by atoms with E-state index < -0.39 is 0 Å². The van der Waals surface area contributed by atoms with E-state index in [4.69, 9.17) is 11.6 Å². The normalized spacial score (nSPS) is 19.9. The first-order valence-electron chi connectivity index (χ1n) is 6.43. The number of halogens is 1. The van der Waals surface area contributed by atoms with Crippen molar-refractivity contribution in [3.63, 3.8) is 0 Å². The van der Waals surface area contributed by atoms with Crippen molar-refractivity contribution >= 4 is 17.5 Å². The number of piperidine rings is 1. The summed E-state index contributed by atoms with van der Waals surface area (Å²) < 4.78 is 0. The van der Waals surface area contributed by atoms with Gasteiger partial charge in [0.15, 0.2) is 0 Å². The lowest BCUT2D eigenvalue weighted by atomic mass is 9.98. The minimum absolute atomic E-state index is 0.00447. The predicted octanol–water partition coefficient (Wildman–Crippen LogP) is 3.45. The number of carbonyl (C=O) groups excluding carboxylic acids is 1. The number of hydrogen-bond acceptors (Lipinski definition) is 2. The second kappa shape index (κ2) is 5.61. The first kappa shape index (κ1) is 13.2. The Hall–Kier alpha value is -1.22. The largest absolute Gasteiger partial charge is 0.507 e. The molecule has 1 fully saturated rings. The van der Waals surface area contributed by atoms with E-state index in [1.165, 1.54) is 12.5 Å². The number of phenols is 1. The van der Waals surface area contributed by atoms with Gasteiger partial charge in [0.25, 0.3) is 5.91 Å². The minimum atomic E-state index is -0.110. The molecule has 1 unspecified atom stereocenters. The van der Waals surface area contributed by atoms with Gasteiger partial charge >= 0.3 is 0 Å². The SMILES string of the molecule is CCC1CCCCN1C(=O)c1cc(Cl)ccc1O. The van der Waals surface area contributed by atoms with Gasteiger partial charge in [-0.05, 0) is 43.9 Å². The van der Waals surface area contributed by atoms with Gasteiger partial charge in [-0.3, -0.25) is 4.79 Å². The first-order valence-corrected chi connectivity index (χ1v) is 6.80. The van der Waals surface area contributed by atoms with Crippen LogP contribution in [0, 0.1) is 0 Å². The molecule has 2 rings (SSSR count). The fourth-order valence-corrected chi connectivity index (χ4v) is 2.70. The molecule has 1 N–H and O–H groups in total. The number of benzene rings is 1. The van der Waals surface area contributed by atoms with Crippen molar-refractivity contribution in [1.29, 1.82) is 0 Å². The average Bonchev–Trinajstić information content (AvgIpc) is 2.40. The number of rotatable bonds is 2. The Labute approximate surface area is 112 Å². The molecule has 3 nitrogen and oxygen atoms in total. The van der Waals surface area contributed by atoms with Gasteiger partial charge in [0.2, 0.25) is 0 Å². The number of amides is 1. The molecule has 4 heteroatoms. The number of carbonyl (C=O) groups is 1. The second-order valence-electron chi connectivity index (χ2n) is 4.72. The highest BCUT2D eigenvalue weighted by Gasteiger charge is 2.27. The summed E-state index contributed by atoms with van der Waals surface area (Å²) >= 11 is 5.89. The van der Waals surface area contributed by atoms with Crippen molar-refractivity contribution in [3.8, 4) is 5.75 Å². The van der Waals surface area contributed by atoms with Crippen molar-refractivity contribution in [3.05, 3.63) is 28.8 Å². The van der Waals surface area contributed by atoms with Crippen LogP contribution in [0.15, 0.2) is 18.2 Å². The van der Waals surface area contributed by atoms with Gasteiger partial charge in [0.1, 0.15) is 5.75 Å². The van der Waals surface area contributed by atoms with Gasteiger partial charge in [-0.2, -0.15) is 0 Å². The summed E-state index contributed by atoms with van der Waals surface area (Å²) in [6.45, 7) is 2.86. The third-order valence-corrected chi connectivity index (χ3v) is 3.78. The van der Waals surface area contributed by atoms with Crippen LogP contribution < -0.4 is 0 Å². The molecule has 0 radical (unpaired) electrons. The minimum Gasteiger partial charge on any atom is -0.507 e. The van der Waals surface area contributed by atoms with E-state index in [1.54, 1.807) is 12.1 Å². The predicted molar refractivity (Wildman–Crippen MR) is 72.1 cm³/mol. The lowest BCUT2D eigenvalue weighted by Gasteiger charge is -2.35. The van der Waals surface area contributed by atoms with Crippen molar-refractivity contribution < 1.29 is 9.90 Å². The lowest BCUT2D eigenvalue weighted by molar-refractivity contribution is 0.0605. The quantitative estimate of drug-likeness (QED) is 0.892. The molecular formula is C14H18ClNO2. The van der Waals surface area contributed by atoms with E-state index in [2.05, 4.69) is 6.92 Å². The Morgan fingerprint density at radius 3 is 3.00 bits per heavy atom. The van der Waals surface area contributed by atoms with Gasteiger partial charge in [-0.1, -0.05) is 18.5 Å². The van der Waals surface area contributed by atoms with E-state index in [1.807, 2.05) is 4.90 Å². The van der Waals surface area contributed by atoms with E-state index in [0.717, 1.165) is 25.8 Å². The smallest absolute Gasteiger partial charge is 0.257 e. The summed E-state index contributed by atoms with van der Waals surface area (Å²) in [5.41, 5.74) is 0.308. The third-order valence-electron chi connectivity index (χ3n) is 3.55. The molecular weight excluding hydrogens is 250 g/mol. The monoisotopic (exact) mass is 267 g/mol. The number of hydrogen-bond donors (Lipinski definition) is 1. The zero-order chi connectivity index (χ0) is 13.1. The number of phenolic OH excluding ortho intramolecular Hbond substituents is 1. The molecule has 1 aromatic rings. The molecule has 1 aliphatic heterocycles. The van der Waals surface area contributed by atoms with E-state index in [-0.39, 0.29) is 17.7 Å². The number of aromatic hydroxyl groups is 1. The van der Waals surface area contributed by atoms with Crippen molar-refractivity contribution in [2.24, 2.45) is 0 Å². The molecule has 98 valence electrons. The van der Waals surface area contributed by atoms with Crippen LogP contribution in [0.2, 0.25) is 5.02 Å². The maximum absolute atomic E-state index is 12.4. The molecule has 1 amide bonds. The van der Waals surface area contributed by atoms with Crippen LogP contribution in [0.4, 0.5) is 0 Å². The second-order valence-corrected chi connectivity index (χ2v) is 5.15. The summed E-state index contributed by atoms with van der Waals surface area (Å²) in [7, 11) is 0. The topological polar surface area (TPSA) is 40.5 Å². The highest BCUT2D eigenvalue weighted by atomic mass is 35.5. The number of likely N-dealkylation sites (tertiary alicyclic amines) is 1. The van der Waals surface area contributed by atoms with Crippen LogP contribution in [0.5, 0.6) is 5.75 Å². The first-order chi connectivity index (χ1) is 8.63. The maximum atomic E-state index is 12.4. The van der Waals surface area contributed by atoms with Crippen LogP contribution in [0.25, 0.3) is 0 Å². The summed E-state index contributed by atoms with van der Waals surface area (Å²) in [6.07, 6.45) is 4.20. The molecule has 1 atom stereocenters. The highest BCUT2D eigenvalue weighted by molar-refractivity contribution is 6.31. The Balaban J connectivity index is 2.26. The summed E-state index contributed by atoms with van der Waals surface area (Å²) in [5.74, 6) is -0.105. The molecule has 0 saturated carbocycles. The summed E-state index contributed by atoms with van der Waals surface area (Å²) in [5, 5.41) is 10.3. The van der Waals surface area contributed by atoms with E-state index >= 15 is 0 Å². The van der Waals surface area contributed by atoms with E-state index in [0.29, 0.717) is 10.6 Å². The van der Waals surface area contributed by atoms with Gasteiger partial charge in [0, 0.05) is 17.6 Å². The third kappa shape index (κ3) is 2.61. The molecule has 0 aromatic heterocycles. The Morgan fingerprint density at radius 1 is 1.50 bits per heavy atom. The molecule has 1 saturated heterocycles. The fraction of sp³-hybridized carbons (Fsp3) is 0.500. The average molecular weight is 268 g/mol. The fourth-order valence-electron chi connectivity index (χ4n) is 2.53. The molecule has 1 heterocycles. The van der Waals surface area contributed by atoms with Crippen LogP contribution in [-0.4, -0.2) is 28.5 Å². The Morgan fingerprint density at radius 2 is 2.28 bits per heavy atom. The molecule has 0 bridgehead atoms. The molecule has 1 aromatic carbocycles. The van der Waals surface area contributed by atoms with Crippen LogP contribution >= 0.6 is 11.6 Å². The maximum Gasteiger partial charge on any atom is 0.257 e. The van der Waals surface area contributed by atoms with Crippen molar-refractivity contribution in [2.45, 2.75) is 38.6 Å². The van der Waals surface area contributed by atoms with Gasteiger partial charge in [-0.25, -0.2) is 0 Å². The Kier molecular flexibility index (Phi) is 4.12. The molecule has 1 aliphatic rings. The summed E-state index contributed by atoms with van der Waals surface area (Å²) in [6, 6.07) is 4.88. The molecule has 0 spiro atoms. The zero-order valence-corrected chi connectivity index (χ0v) is 11.3. The Bertz CT molecular complexity index is 447. The molecule has 18 heavy (non-hydrogen) atoms. The number of nitrogens with zero attached hydrogens (tertiary/aromatic N) is 1. The van der Waals surface area contributed by atoms with Crippen molar-refractivity contribution in [1.82, 2.24) is 4.90 Å². The van der Waals surface area contributed by atoms with Gasteiger partial charge < -0.3 is 10.0 Å². The van der Waals surface area contributed by atoms with Crippen LogP contribution in [0.1, 0.15) is 43.0 Å². The standard InChI is InChI=1S/C14H18ClNO2/c1-2-11-5-3-4-8-16(11)14(18)12-9-10(15)6-7-13(12)17/h6-7,9,11,17H,2-5,8H2,1H3. The highest BCUT2D eigenvalue weighted by Crippen LogP contribution is 2.27. The van der Waals surface area contributed by atoms with Crippen LogP contribution in [-0.2, 0) is 0 Å². The van der Waals surface area contributed by atoms with Gasteiger partial charge in [-0.15, -0.1) is 0 Å². The van der Waals surface area contributed by atoms with Crippen LogP contribution in [0.3, 0.4) is 0 Å². The van der Waals surface area contributed by atoms with Gasteiger partial charge in [0.05, 0.1) is 5.56 Å². The van der Waals surface area contributed by atoms with E-state index in [9.17, 15) is 9.90 Å². The van der Waals surface area contributed by atoms with Crippen molar-refractivity contribution in [2.75, 3.05) is 6.54 Å². The molecule has 0 aliphatic carbocycles. The zero-order valence-electron chi connectivity index (χ0n) is 10.5. The lowest BCUT2D eigenvalue weighted by Crippen LogP contribution is -2.43. The summed E-state index contributed by atoms with van der Waals surface area (Å²) in [4.78, 5) is 14.3.